The lowest BCUT2D eigenvalue weighted by Gasteiger charge is -2.18. The van der Waals surface area contributed by atoms with E-state index in [4.69, 9.17) is 14.2 Å². The molecule has 420 valence electrons. The minimum Gasteiger partial charge on any atom is -0.462 e. The van der Waals surface area contributed by atoms with E-state index < -0.39 is 12.1 Å². The Labute approximate surface area is 460 Å². The summed E-state index contributed by atoms with van der Waals surface area (Å²) in [4.78, 5) is 38.2. The minimum atomic E-state index is -0.839. The van der Waals surface area contributed by atoms with E-state index in [2.05, 4.69) is 167 Å². The summed E-state index contributed by atoms with van der Waals surface area (Å²) in [6, 6.07) is 0. The molecule has 6 nitrogen and oxygen atoms in total. The van der Waals surface area contributed by atoms with Crippen LogP contribution in [-0.2, 0) is 28.6 Å². The summed E-state index contributed by atoms with van der Waals surface area (Å²) in [5, 5.41) is 0. The first kappa shape index (κ1) is 70.0. The fourth-order valence-corrected chi connectivity index (χ4v) is 7.65. The van der Waals surface area contributed by atoms with Crippen LogP contribution in [0.15, 0.2) is 158 Å². The Kier molecular flexibility index (Phi) is 57.5. The summed E-state index contributed by atoms with van der Waals surface area (Å²) in [5.74, 6) is -1.05. The molecule has 6 heteroatoms. The Bertz CT molecular complexity index is 1710. The van der Waals surface area contributed by atoms with Crippen LogP contribution in [0.4, 0.5) is 0 Å². The van der Waals surface area contributed by atoms with E-state index >= 15 is 0 Å². The van der Waals surface area contributed by atoms with Gasteiger partial charge in [-0.1, -0.05) is 249 Å². The van der Waals surface area contributed by atoms with Crippen molar-refractivity contribution in [2.45, 2.75) is 245 Å². The van der Waals surface area contributed by atoms with Crippen molar-refractivity contribution in [2.75, 3.05) is 13.2 Å². The van der Waals surface area contributed by atoms with Crippen LogP contribution in [0.25, 0.3) is 0 Å². The second-order valence-corrected chi connectivity index (χ2v) is 19.1. The molecule has 0 aromatic carbocycles. The highest BCUT2D eigenvalue weighted by molar-refractivity contribution is 5.71. The van der Waals surface area contributed by atoms with Gasteiger partial charge in [-0.25, -0.2) is 0 Å². The zero-order chi connectivity index (χ0) is 54.3. The molecule has 0 aliphatic heterocycles. The molecule has 0 fully saturated rings. The van der Waals surface area contributed by atoms with Crippen molar-refractivity contribution in [2.24, 2.45) is 0 Å². The minimum absolute atomic E-state index is 0.125. The summed E-state index contributed by atoms with van der Waals surface area (Å²) < 4.78 is 16.8. The highest BCUT2D eigenvalue weighted by Gasteiger charge is 2.19. The number of rotatable bonds is 52. The van der Waals surface area contributed by atoms with Gasteiger partial charge in [0, 0.05) is 19.3 Å². The van der Waals surface area contributed by atoms with Crippen LogP contribution in [0.2, 0.25) is 0 Å². The average molecular weight is 1030 g/mol. The summed E-state index contributed by atoms with van der Waals surface area (Å²) in [5.41, 5.74) is 0. The molecule has 0 heterocycles. The van der Waals surface area contributed by atoms with Gasteiger partial charge in [-0.05, 0) is 128 Å². The van der Waals surface area contributed by atoms with Gasteiger partial charge >= 0.3 is 17.9 Å². The molecule has 0 aliphatic rings. The molecule has 0 aromatic heterocycles. The Morgan fingerprint density at radius 1 is 0.267 bits per heavy atom. The smallest absolute Gasteiger partial charge is 0.306 e. The second-order valence-electron chi connectivity index (χ2n) is 19.1. The third-order valence-corrected chi connectivity index (χ3v) is 12.0. The molecule has 0 saturated carbocycles. The van der Waals surface area contributed by atoms with Crippen LogP contribution in [0.3, 0.4) is 0 Å². The SMILES string of the molecule is CC/C=C\C/C=C\C/C=C\C/C=C\C/C=C\C/C=C\CCC(=O)OC(COC(=O)CCCCC/C=C\C/C=C\C/C=C\CC)COC(=O)CCCCCCCCCCCCCC/C=C\C/C=C\C/C=C\C/C=C\CC. The zero-order valence-corrected chi connectivity index (χ0v) is 48.0. The molecule has 0 saturated heterocycles. The first-order valence-corrected chi connectivity index (χ1v) is 30.0. The fourth-order valence-electron chi connectivity index (χ4n) is 7.65. The maximum Gasteiger partial charge on any atom is 0.306 e. The van der Waals surface area contributed by atoms with Crippen LogP contribution in [-0.4, -0.2) is 37.2 Å². The van der Waals surface area contributed by atoms with E-state index in [1.165, 1.54) is 64.2 Å². The third-order valence-electron chi connectivity index (χ3n) is 12.0. The Balaban J connectivity index is 4.46. The van der Waals surface area contributed by atoms with E-state index in [0.717, 1.165) is 128 Å². The molecular formula is C69H108O6. The summed E-state index contributed by atoms with van der Waals surface area (Å²) in [7, 11) is 0. The normalized spacial score (nSPS) is 13.3. The van der Waals surface area contributed by atoms with Gasteiger partial charge in [0.15, 0.2) is 6.10 Å². The lowest BCUT2D eigenvalue weighted by Crippen LogP contribution is -2.30. The van der Waals surface area contributed by atoms with Crippen molar-refractivity contribution in [3.05, 3.63) is 158 Å². The molecule has 0 amide bonds. The molecule has 0 N–H and O–H groups in total. The first-order valence-electron chi connectivity index (χ1n) is 30.0. The zero-order valence-electron chi connectivity index (χ0n) is 48.0. The summed E-state index contributed by atoms with van der Waals surface area (Å²) >= 11 is 0. The van der Waals surface area contributed by atoms with Crippen molar-refractivity contribution in [3.8, 4) is 0 Å². The number of esters is 3. The monoisotopic (exact) mass is 1030 g/mol. The van der Waals surface area contributed by atoms with Crippen LogP contribution in [0.5, 0.6) is 0 Å². The number of ether oxygens (including phenoxy) is 3. The van der Waals surface area contributed by atoms with Crippen LogP contribution in [0, 0.1) is 0 Å². The van der Waals surface area contributed by atoms with Gasteiger partial charge in [0.2, 0.25) is 0 Å². The van der Waals surface area contributed by atoms with Gasteiger partial charge < -0.3 is 14.2 Å². The molecule has 0 aromatic rings. The van der Waals surface area contributed by atoms with Gasteiger partial charge in [-0.3, -0.25) is 14.4 Å². The molecule has 0 aliphatic carbocycles. The van der Waals surface area contributed by atoms with Crippen molar-refractivity contribution >= 4 is 17.9 Å². The largest absolute Gasteiger partial charge is 0.462 e. The lowest BCUT2D eigenvalue weighted by atomic mass is 10.0. The van der Waals surface area contributed by atoms with E-state index in [1.807, 2.05) is 12.2 Å². The van der Waals surface area contributed by atoms with Crippen molar-refractivity contribution < 1.29 is 28.6 Å². The van der Waals surface area contributed by atoms with Gasteiger partial charge in [0.25, 0.3) is 0 Å². The predicted molar refractivity (Wildman–Crippen MR) is 325 cm³/mol. The van der Waals surface area contributed by atoms with E-state index in [1.54, 1.807) is 0 Å². The topological polar surface area (TPSA) is 78.9 Å². The number of unbranched alkanes of at least 4 members (excludes halogenated alkanes) is 15. The number of carbonyl (C=O) groups is 3. The van der Waals surface area contributed by atoms with Crippen molar-refractivity contribution in [1.29, 1.82) is 0 Å². The number of allylic oxidation sites excluding steroid dienone is 26. The average Bonchev–Trinajstić information content (AvgIpc) is 3.41. The van der Waals surface area contributed by atoms with Gasteiger partial charge in [0.1, 0.15) is 13.2 Å². The maximum atomic E-state index is 12.8. The highest BCUT2D eigenvalue weighted by Crippen LogP contribution is 2.14. The molecule has 0 radical (unpaired) electrons. The molecule has 1 atom stereocenters. The van der Waals surface area contributed by atoms with Gasteiger partial charge in [0.05, 0.1) is 0 Å². The lowest BCUT2D eigenvalue weighted by molar-refractivity contribution is -0.166. The van der Waals surface area contributed by atoms with Crippen molar-refractivity contribution in [1.82, 2.24) is 0 Å². The predicted octanol–water partition coefficient (Wildman–Crippen LogP) is 20.5. The van der Waals surface area contributed by atoms with Crippen LogP contribution in [0.1, 0.15) is 239 Å². The molecular weight excluding hydrogens is 925 g/mol. The Morgan fingerprint density at radius 2 is 0.507 bits per heavy atom. The summed E-state index contributed by atoms with van der Waals surface area (Å²) in [6.45, 7) is 6.20. The number of carbonyl (C=O) groups excluding carboxylic acids is 3. The quantitative estimate of drug-likeness (QED) is 0.0261. The van der Waals surface area contributed by atoms with E-state index in [-0.39, 0.29) is 31.6 Å². The number of hydrogen-bond donors (Lipinski definition) is 0. The molecule has 75 heavy (non-hydrogen) atoms. The van der Waals surface area contributed by atoms with Gasteiger partial charge in [-0.2, -0.15) is 0 Å². The highest BCUT2D eigenvalue weighted by atomic mass is 16.6. The van der Waals surface area contributed by atoms with Gasteiger partial charge in [-0.15, -0.1) is 0 Å². The standard InChI is InChI=1S/C69H108O6/c1-4-7-10-13-16-19-22-25-27-29-31-32-33-34-35-36-38-39-41-44-47-50-53-56-59-62-68(71)74-65-66(64-73-67(70)61-58-55-52-49-46-43-24-21-18-15-12-9-6-3)75-69(72)63-60-57-54-51-48-45-42-40-37-30-28-26-23-20-17-14-11-8-5-2/h7-12,16-21,25-28,31-32,37,40,43,45-46,48,54,57,66H,4-6,13-15,22-24,29-30,33-36,38-39,41-42,44,47,49-53,55-56,58-65H2,1-3H3/b10-7-,11-8-,12-9-,19-16-,20-17-,21-18-,27-25-,28-26-,32-31-,40-37-,46-43-,48-45-,57-54-. The summed E-state index contributed by atoms with van der Waals surface area (Å²) in [6.07, 6.45) is 89.7. The molecule has 0 rings (SSSR count). The molecule has 0 bridgehead atoms. The van der Waals surface area contributed by atoms with Crippen LogP contribution >= 0.6 is 0 Å². The number of hydrogen-bond acceptors (Lipinski definition) is 6. The van der Waals surface area contributed by atoms with Crippen molar-refractivity contribution in [3.63, 3.8) is 0 Å². The molecule has 0 spiro atoms. The van der Waals surface area contributed by atoms with Crippen LogP contribution < -0.4 is 0 Å². The first-order chi connectivity index (χ1) is 37.0. The Hall–Kier alpha value is -4.97. The van der Waals surface area contributed by atoms with E-state index in [9.17, 15) is 14.4 Å². The second kappa shape index (κ2) is 61.6. The van der Waals surface area contributed by atoms with E-state index in [0.29, 0.717) is 19.3 Å². The Morgan fingerprint density at radius 3 is 0.813 bits per heavy atom. The molecule has 1 unspecified atom stereocenters. The fraction of sp³-hybridized carbons (Fsp3) is 0.580. The maximum absolute atomic E-state index is 12.8. The third kappa shape index (κ3) is 59.8.